The molecule has 72 valence electrons. The molecule has 0 saturated carbocycles. The third-order valence-corrected chi connectivity index (χ3v) is 2.09. The van der Waals surface area contributed by atoms with E-state index in [0.717, 1.165) is 13.0 Å². The van der Waals surface area contributed by atoms with Crippen LogP contribution in [0.5, 0.6) is 5.88 Å². The SMILES string of the molecule is N#Cc1cccnc1OCC1CCO1. The molecule has 14 heavy (non-hydrogen) atoms. The van der Waals surface area contributed by atoms with Gasteiger partial charge in [-0.05, 0) is 12.1 Å². The van der Waals surface area contributed by atoms with E-state index in [-0.39, 0.29) is 6.10 Å². The lowest BCUT2D eigenvalue weighted by atomic mass is 10.2. The van der Waals surface area contributed by atoms with Gasteiger partial charge in [0.05, 0.1) is 6.10 Å². The zero-order valence-corrected chi connectivity index (χ0v) is 7.64. The number of ether oxygens (including phenoxy) is 2. The Morgan fingerprint density at radius 2 is 2.57 bits per heavy atom. The van der Waals surface area contributed by atoms with E-state index in [1.165, 1.54) is 0 Å². The molecule has 1 aliphatic rings. The fourth-order valence-electron chi connectivity index (χ4n) is 1.18. The molecule has 4 nitrogen and oxygen atoms in total. The van der Waals surface area contributed by atoms with Crippen LogP contribution in [0.25, 0.3) is 0 Å². The molecule has 1 unspecified atom stereocenters. The normalized spacial score (nSPS) is 19.5. The van der Waals surface area contributed by atoms with E-state index in [2.05, 4.69) is 4.98 Å². The molecular weight excluding hydrogens is 180 g/mol. The van der Waals surface area contributed by atoms with Crippen molar-refractivity contribution in [3.63, 3.8) is 0 Å². The minimum atomic E-state index is 0.170. The lowest BCUT2D eigenvalue weighted by Gasteiger charge is -2.25. The molecule has 2 rings (SSSR count). The van der Waals surface area contributed by atoms with Gasteiger partial charge in [0.1, 0.15) is 18.2 Å². The first-order chi connectivity index (χ1) is 6.90. The van der Waals surface area contributed by atoms with Gasteiger partial charge in [0.2, 0.25) is 5.88 Å². The Hall–Kier alpha value is -1.60. The number of pyridine rings is 1. The fraction of sp³-hybridized carbons (Fsp3) is 0.400. The highest BCUT2D eigenvalue weighted by atomic mass is 16.5. The van der Waals surface area contributed by atoms with Crippen LogP contribution in [-0.4, -0.2) is 24.3 Å². The van der Waals surface area contributed by atoms with Gasteiger partial charge in [-0.25, -0.2) is 4.98 Å². The Kier molecular flexibility index (Phi) is 2.61. The topological polar surface area (TPSA) is 55.1 Å². The second kappa shape index (κ2) is 4.07. The van der Waals surface area contributed by atoms with Gasteiger partial charge >= 0.3 is 0 Å². The average molecular weight is 190 g/mol. The van der Waals surface area contributed by atoms with Gasteiger partial charge in [0.15, 0.2) is 0 Å². The summed E-state index contributed by atoms with van der Waals surface area (Å²) in [6.07, 6.45) is 2.80. The Morgan fingerprint density at radius 3 is 3.21 bits per heavy atom. The van der Waals surface area contributed by atoms with Crippen LogP contribution in [0.3, 0.4) is 0 Å². The highest BCUT2D eigenvalue weighted by Gasteiger charge is 2.19. The van der Waals surface area contributed by atoms with Crippen LogP contribution in [0.1, 0.15) is 12.0 Å². The molecule has 2 heterocycles. The Labute approximate surface area is 82.1 Å². The number of rotatable bonds is 3. The van der Waals surface area contributed by atoms with Crippen molar-refractivity contribution in [2.45, 2.75) is 12.5 Å². The summed E-state index contributed by atoms with van der Waals surface area (Å²) >= 11 is 0. The van der Waals surface area contributed by atoms with Gasteiger partial charge in [-0.2, -0.15) is 5.26 Å². The molecule has 0 spiro atoms. The van der Waals surface area contributed by atoms with E-state index >= 15 is 0 Å². The van der Waals surface area contributed by atoms with Crippen molar-refractivity contribution in [3.05, 3.63) is 23.9 Å². The molecule has 1 aromatic rings. The maximum Gasteiger partial charge on any atom is 0.231 e. The lowest BCUT2D eigenvalue weighted by molar-refractivity contribution is -0.0727. The van der Waals surface area contributed by atoms with Gasteiger partial charge in [0.25, 0.3) is 0 Å². The smallest absolute Gasteiger partial charge is 0.231 e. The first-order valence-corrected chi connectivity index (χ1v) is 4.49. The van der Waals surface area contributed by atoms with E-state index in [0.29, 0.717) is 18.1 Å². The van der Waals surface area contributed by atoms with Gasteiger partial charge in [-0.3, -0.25) is 0 Å². The van der Waals surface area contributed by atoms with Crippen LogP contribution >= 0.6 is 0 Å². The van der Waals surface area contributed by atoms with E-state index in [4.69, 9.17) is 14.7 Å². The lowest BCUT2D eigenvalue weighted by Crippen LogP contribution is -2.32. The molecule has 0 amide bonds. The summed E-state index contributed by atoms with van der Waals surface area (Å²) in [5.74, 6) is 0.394. The van der Waals surface area contributed by atoms with Gasteiger partial charge < -0.3 is 9.47 Å². The van der Waals surface area contributed by atoms with Gasteiger partial charge in [0, 0.05) is 19.2 Å². The third kappa shape index (κ3) is 1.83. The Morgan fingerprint density at radius 1 is 1.71 bits per heavy atom. The first-order valence-electron chi connectivity index (χ1n) is 4.49. The highest BCUT2D eigenvalue weighted by molar-refractivity contribution is 5.36. The molecule has 1 saturated heterocycles. The third-order valence-electron chi connectivity index (χ3n) is 2.09. The summed E-state index contributed by atoms with van der Waals surface area (Å²) in [6.45, 7) is 1.28. The van der Waals surface area contributed by atoms with Crippen molar-refractivity contribution in [2.24, 2.45) is 0 Å². The van der Waals surface area contributed by atoms with Crippen LogP contribution < -0.4 is 4.74 Å². The van der Waals surface area contributed by atoms with Crippen molar-refractivity contribution in [2.75, 3.05) is 13.2 Å². The summed E-state index contributed by atoms with van der Waals surface area (Å²) in [4.78, 5) is 3.98. The maximum absolute atomic E-state index is 8.75. The summed E-state index contributed by atoms with van der Waals surface area (Å²) < 4.78 is 10.6. The second-order valence-corrected chi connectivity index (χ2v) is 3.06. The molecule has 0 aromatic carbocycles. The largest absolute Gasteiger partial charge is 0.474 e. The molecule has 1 aliphatic heterocycles. The Bertz CT molecular complexity index is 355. The first kappa shape index (κ1) is 8.97. The number of hydrogen-bond acceptors (Lipinski definition) is 4. The molecule has 4 heteroatoms. The van der Waals surface area contributed by atoms with Crippen LogP contribution in [0.15, 0.2) is 18.3 Å². The van der Waals surface area contributed by atoms with Crippen molar-refractivity contribution < 1.29 is 9.47 Å². The minimum absolute atomic E-state index is 0.170. The second-order valence-electron chi connectivity index (χ2n) is 3.06. The number of hydrogen-bond donors (Lipinski definition) is 0. The molecule has 1 atom stereocenters. The van der Waals surface area contributed by atoms with E-state index in [1.54, 1.807) is 18.3 Å². The summed E-state index contributed by atoms with van der Waals surface area (Å²) in [5, 5.41) is 8.75. The minimum Gasteiger partial charge on any atom is -0.474 e. The van der Waals surface area contributed by atoms with Gasteiger partial charge in [-0.1, -0.05) is 0 Å². The van der Waals surface area contributed by atoms with Crippen molar-refractivity contribution in [1.29, 1.82) is 5.26 Å². The number of nitriles is 1. The molecule has 1 aromatic heterocycles. The van der Waals surface area contributed by atoms with Crippen LogP contribution in [-0.2, 0) is 4.74 Å². The standard InChI is InChI=1S/C10H10N2O2/c11-6-8-2-1-4-12-10(8)14-7-9-3-5-13-9/h1-2,4,9H,3,5,7H2. The zero-order valence-electron chi connectivity index (χ0n) is 7.64. The quantitative estimate of drug-likeness (QED) is 0.716. The molecule has 0 bridgehead atoms. The zero-order chi connectivity index (χ0) is 9.80. The average Bonchev–Trinajstić information content (AvgIpc) is 2.16. The van der Waals surface area contributed by atoms with Crippen LogP contribution in [0, 0.1) is 11.3 Å². The van der Waals surface area contributed by atoms with E-state index in [1.807, 2.05) is 6.07 Å². The van der Waals surface area contributed by atoms with E-state index in [9.17, 15) is 0 Å². The van der Waals surface area contributed by atoms with Crippen LogP contribution in [0.4, 0.5) is 0 Å². The molecule has 0 aliphatic carbocycles. The van der Waals surface area contributed by atoms with Crippen molar-refractivity contribution in [1.82, 2.24) is 4.98 Å². The van der Waals surface area contributed by atoms with Crippen LogP contribution in [0.2, 0.25) is 0 Å². The predicted octanol–water partition coefficient (Wildman–Crippen LogP) is 1.12. The summed E-state index contributed by atoms with van der Waals surface area (Å²) in [6, 6.07) is 5.43. The number of aromatic nitrogens is 1. The molecule has 0 N–H and O–H groups in total. The summed E-state index contributed by atoms with van der Waals surface area (Å²) in [7, 11) is 0. The predicted molar refractivity (Wildman–Crippen MR) is 48.8 cm³/mol. The highest BCUT2D eigenvalue weighted by Crippen LogP contribution is 2.16. The molecule has 1 fully saturated rings. The monoisotopic (exact) mass is 190 g/mol. The molecular formula is C10H10N2O2. The maximum atomic E-state index is 8.75. The Balaban J connectivity index is 1.97. The van der Waals surface area contributed by atoms with Crippen molar-refractivity contribution in [3.8, 4) is 11.9 Å². The fourth-order valence-corrected chi connectivity index (χ4v) is 1.18. The summed E-state index contributed by atoms with van der Waals surface area (Å²) in [5.41, 5.74) is 0.465. The molecule has 0 radical (unpaired) electrons. The van der Waals surface area contributed by atoms with Gasteiger partial charge in [-0.15, -0.1) is 0 Å². The number of nitrogens with zero attached hydrogens (tertiary/aromatic N) is 2. The van der Waals surface area contributed by atoms with Crippen molar-refractivity contribution >= 4 is 0 Å². The van der Waals surface area contributed by atoms with E-state index < -0.39 is 0 Å².